The van der Waals surface area contributed by atoms with Gasteiger partial charge in [0.2, 0.25) is 0 Å². The Labute approximate surface area is 388 Å². The van der Waals surface area contributed by atoms with Crippen molar-refractivity contribution in [3.8, 4) is 33.4 Å². The molecule has 0 saturated carbocycles. The van der Waals surface area contributed by atoms with Gasteiger partial charge in [0.15, 0.2) is 0 Å². The van der Waals surface area contributed by atoms with Gasteiger partial charge in [0, 0.05) is 50.5 Å². The van der Waals surface area contributed by atoms with E-state index in [2.05, 4.69) is 245 Å². The second-order valence-corrected chi connectivity index (χ2v) is 20.2. The zero-order chi connectivity index (χ0) is 44.9. The minimum absolute atomic E-state index is 0.00243. The van der Waals surface area contributed by atoms with Gasteiger partial charge in [-0.2, -0.15) is 0 Å². The zero-order valence-corrected chi connectivity index (χ0v) is 38.4. The molecule has 0 aliphatic carbocycles. The van der Waals surface area contributed by atoms with Crippen molar-refractivity contribution in [1.29, 1.82) is 0 Å². The van der Waals surface area contributed by atoms with E-state index >= 15 is 0 Å². The van der Waals surface area contributed by atoms with Crippen LogP contribution in [0.2, 0.25) is 0 Å². The van der Waals surface area contributed by atoms with Crippen LogP contribution in [0.4, 0.5) is 34.1 Å². The number of para-hydroxylation sites is 2. The predicted octanol–water partition coefficient (Wildman–Crippen LogP) is 15.3. The first kappa shape index (κ1) is 40.0. The second-order valence-electron chi connectivity index (χ2n) is 20.2. The molecule has 0 radical (unpaired) electrons. The van der Waals surface area contributed by atoms with E-state index in [1.54, 1.807) is 0 Å². The molecule has 318 valence electrons. The Morgan fingerprint density at radius 2 is 0.909 bits per heavy atom. The van der Waals surface area contributed by atoms with Crippen LogP contribution in [0, 0.1) is 0 Å². The molecule has 0 bridgehead atoms. The van der Waals surface area contributed by atoms with Crippen molar-refractivity contribution in [2.75, 3.05) is 9.80 Å². The summed E-state index contributed by atoms with van der Waals surface area (Å²) in [6.45, 7) is 14.0. The summed E-state index contributed by atoms with van der Waals surface area (Å²) in [6, 6.07) is 74.1. The van der Waals surface area contributed by atoms with Crippen LogP contribution >= 0.6 is 0 Å². The molecular weight excluding hydrogens is 800 g/mol. The first-order chi connectivity index (χ1) is 32.0. The molecule has 3 heterocycles. The van der Waals surface area contributed by atoms with Crippen LogP contribution in [0.25, 0.3) is 55.3 Å². The average Bonchev–Trinajstić information content (AvgIpc) is 3.73. The molecule has 66 heavy (non-hydrogen) atoms. The van der Waals surface area contributed by atoms with Gasteiger partial charge in [-0.3, -0.25) is 0 Å². The van der Waals surface area contributed by atoms with Gasteiger partial charge < -0.3 is 14.2 Å². The van der Waals surface area contributed by atoms with E-state index in [4.69, 9.17) is 4.42 Å². The van der Waals surface area contributed by atoms with Crippen molar-refractivity contribution >= 4 is 79.2 Å². The molecule has 1 aromatic heterocycles. The SMILES string of the molecule is CC(C)(C)c1ccc2c(c1)N(c1ccc(-c3cccc4c3oc3ccccc34)cc1)c1cc(C(C)(C)C)cc3c1B2c1ccc(-c2ccccc2)cc1N3c1cccc(-c2ccccc2)c1. The summed E-state index contributed by atoms with van der Waals surface area (Å²) in [5.74, 6) is 0. The van der Waals surface area contributed by atoms with E-state index < -0.39 is 0 Å². The first-order valence-corrected chi connectivity index (χ1v) is 23.3. The lowest BCUT2D eigenvalue weighted by molar-refractivity contribution is 0.590. The normalized spacial score (nSPS) is 13.2. The fraction of sp³-hybridized carbons (Fsp3) is 0.129. The Morgan fingerprint density at radius 1 is 0.379 bits per heavy atom. The number of anilines is 6. The predicted molar refractivity (Wildman–Crippen MR) is 281 cm³/mol. The lowest BCUT2D eigenvalue weighted by Crippen LogP contribution is -2.61. The highest BCUT2D eigenvalue weighted by Crippen LogP contribution is 2.48. The summed E-state index contributed by atoms with van der Waals surface area (Å²) in [5.41, 5.74) is 22.3. The molecule has 9 aromatic carbocycles. The summed E-state index contributed by atoms with van der Waals surface area (Å²) in [4.78, 5) is 5.12. The number of benzene rings is 9. The Kier molecular flexibility index (Phi) is 9.09. The van der Waals surface area contributed by atoms with Crippen LogP contribution in [-0.4, -0.2) is 6.71 Å². The molecule has 0 spiro atoms. The van der Waals surface area contributed by atoms with Crippen LogP contribution in [0.1, 0.15) is 52.7 Å². The lowest BCUT2D eigenvalue weighted by atomic mass is 9.33. The minimum atomic E-state index is -0.140. The quantitative estimate of drug-likeness (QED) is 0.161. The molecule has 0 atom stereocenters. The molecule has 10 aromatic rings. The fourth-order valence-corrected chi connectivity index (χ4v) is 10.5. The maximum absolute atomic E-state index is 6.54. The average molecular weight is 851 g/mol. The first-order valence-electron chi connectivity index (χ1n) is 23.3. The summed E-state index contributed by atoms with van der Waals surface area (Å²) in [5, 5.41) is 2.28. The molecule has 0 fully saturated rings. The molecular formula is C62H51BN2O. The van der Waals surface area contributed by atoms with E-state index in [1.165, 1.54) is 72.5 Å². The van der Waals surface area contributed by atoms with Crippen molar-refractivity contribution < 1.29 is 4.42 Å². The monoisotopic (exact) mass is 850 g/mol. The highest BCUT2D eigenvalue weighted by Gasteiger charge is 2.44. The van der Waals surface area contributed by atoms with Gasteiger partial charge in [-0.25, -0.2) is 0 Å². The fourth-order valence-electron chi connectivity index (χ4n) is 10.5. The number of fused-ring (bicyclic) bond motifs is 7. The van der Waals surface area contributed by atoms with E-state index in [0.29, 0.717) is 0 Å². The maximum atomic E-state index is 6.54. The lowest BCUT2D eigenvalue weighted by Gasteiger charge is -2.45. The smallest absolute Gasteiger partial charge is 0.252 e. The van der Waals surface area contributed by atoms with Gasteiger partial charge in [-0.15, -0.1) is 0 Å². The topological polar surface area (TPSA) is 19.6 Å². The van der Waals surface area contributed by atoms with Crippen molar-refractivity contribution in [3.63, 3.8) is 0 Å². The molecule has 0 amide bonds. The summed E-state index contributed by atoms with van der Waals surface area (Å²) in [7, 11) is 0. The molecule has 0 unspecified atom stereocenters. The van der Waals surface area contributed by atoms with Crippen LogP contribution < -0.4 is 26.2 Å². The molecule has 0 N–H and O–H groups in total. The van der Waals surface area contributed by atoms with Gasteiger partial charge >= 0.3 is 0 Å². The van der Waals surface area contributed by atoms with Gasteiger partial charge in [0.05, 0.1) is 0 Å². The Morgan fingerprint density at radius 3 is 1.59 bits per heavy atom. The van der Waals surface area contributed by atoms with Gasteiger partial charge in [0.1, 0.15) is 11.2 Å². The minimum Gasteiger partial charge on any atom is -0.455 e. The number of hydrogen-bond donors (Lipinski definition) is 0. The number of furan rings is 1. The van der Waals surface area contributed by atoms with Crippen LogP contribution in [-0.2, 0) is 10.8 Å². The molecule has 12 rings (SSSR count). The van der Waals surface area contributed by atoms with Crippen molar-refractivity contribution in [2.45, 2.75) is 52.4 Å². The van der Waals surface area contributed by atoms with Crippen LogP contribution in [0.15, 0.2) is 205 Å². The number of nitrogens with zero attached hydrogens (tertiary/aromatic N) is 2. The van der Waals surface area contributed by atoms with Crippen molar-refractivity contribution in [1.82, 2.24) is 0 Å². The van der Waals surface area contributed by atoms with Crippen LogP contribution in [0.5, 0.6) is 0 Å². The summed E-state index contributed by atoms with van der Waals surface area (Å²) >= 11 is 0. The Hall–Kier alpha value is -7.56. The van der Waals surface area contributed by atoms with Gasteiger partial charge in [0.25, 0.3) is 6.71 Å². The third-order valence-corrected chi connectivity index (χ3v) is 14.0. The number of hydrogen-bond acceptors (Lipinski definition) is 3. The standard InChI is InChI=1S/C62H51BN2O/c1-61(2,3)45-30-34-53-55(37-45)64(47-31-27-42(28-32-47)49-24-16-25-51-50-23-13-14-26-58(50)66-60(49)51)56-38-46(62(4,5)6)39-57-59(56)63(53)52-33-29-44(41-19-11-8-12-20-41)36-54(52)65(57)48-22-15-21-43(35-48)40-17-9-7-10-18-40/h7-39H,1-6H3. The van der Waals surface area contributed by atoms with E-state index in [0.717, 1.165) is 44.4 Å². The maximum Gasteiger partial charge on any atom is 0.252 e. The highest BCUT2D eigenvalue weighted by molar-refractivity contribution is 7.00. The van der Waals surface area contributed by atoms with Gasteiger partial charge in [-0.05, 0) is 121 Å². The molecule has 2 aliphatic heterocycles. The molecule has 4 heteroatoms. The third kappa shape index (κ3) is 6.50. The third-order valence-electron chi connectivity index (χ3n) is 14.0. The Bertz CT molecular complexity index is 3500. The van der Waals surface area contributed by atoms with Crippen LogP contribution in [0.3, 0.4) is 0 Å². The largest absolute Gasteiger partial charge is 0.455 e. The van der Waals surface area contributed by atoms with Crippen molar-refractivity contribution in [3.05, 3.63) is 211 Å². The number of rotatable bonds is 5. The van der Waals surface area contributed by atoms with E-state index in [1.807, 2.05) is 6.07 Å². The highest BCUT2D eigenvalue weighted by atomic mass is 16.3. The second kappa shape index (κ2) is 15.0. The molecule has 3 nitrogen and oxygen atoms in total. The molecule has 2 aliphatic rings. The summed E-state index contributed by atoms with van der Waals surface area (Å²) in [6.07, 6.45) is 0. The van der Waals surface area contributed by atoms with Gasteiger partial charge in [-0.1, -0.05) is 187 Å². The molecule has 0 saturated heterocycles. The van der Waals surface area contributed by atoms with Crippen molar-refractivity contribution in [2.24, 2.45) is 0 Å². The Balaban J connectivity index is 1.12. The van der Waals surface area contributed by atoms with E-state index in [9.17, 15) is 0 Å². The van der Waals surface area contributed by atoms with E-state index in [-0.39, 0.29) is 17.5 Å². The summed E-state index contributed by atoms with van der Waals surface area (Å²) < 4.78 is 6.54. The zero-order valence-electron chi connectivity index (χ0n) is 38.4.